The summed E-state index contributed by atoms with van der Waals surface area (Å²) in [5, 5.41) is 4.91. The molecular formula is C65H46N2. The van der Waals surface area contributed by atoms with Gasteiger partial charge in [-0.25, -0.2) is 0 Å². The van der Waals surface area contributed by atoms with Crippen LogP contribution in [0, 0.1) is 0 Å². The second-order valence-electron chi connectivity index (χ2n) is 17.3. The molecule has 0 aliphatic carbocycles. The average Bonchev–Trinajstić information content (AvgIpc) is 3.73. The highest BCUT2D eigenvalue weighted by atomic mass is 15.1. The van der Waals surface area contributed by atoms with E-state index in [1.54, 1.807) is 0 Å². The van der Waals surface area contributed by atoms with Crippen molar-refractivity contribution in [3.63, 3.8) is 0 Å². The molecule has 1 heterocycles. The van der Waals surface area contributed by atoms with Gasteiger partial charge < -0.3 is 9.47 Å². The Morgan fingerprint density at radius 3 is 1.54 bits per heavy atom. The Morgan fingerprint density at radius 2 is 0.776 bits per heavy atom. The molecule has 316 valence electrons. The van der Waals surface area contributed by atoms with E-state index in [4.69, 9.17) is 0 Å². The lowest BCUT2D eigenvalue weighted by Crippen LogP contribution is -2.12. The second-order valence-corrected chi connectivity index (χ2v) is 17.3. The van der Waals surface area contributed by atoms with Gasteiger partial charge in [0.15, 0.2) is 0 Å². The topological polar surface area (TPSA) is 8.17 Å². The van der Waals surface area contributed by atoms with Crippen molar-refractivity contribution in [3.8, 4) is 39.1 Å². The standard InChI is InChI=1S/C65H46N2/c1-5-20-46(21-6-1)50-28-17-30-53(40-50)65(49-25-9-3-10-26-49)55-41-54(43-58(44-55)66(56-31-11-4-12-32-56)57-33-18-29-51(42-57)47-22-7-2-8-23-47)52-38-39-61-60-35-15-16-36-63(60)67(64(61)45-52)62-37-19-27-48-24-13-14-34-59(48)62/h1-45,65H. The number of anilines is 3. The van der Waals surface area contributed by atoms with Crippen LogP contribution in [-0.4, -0.2) is 4.57 Å². The van der Waals surface area contributed by atoms with Gasteiger partial charge in [-0.05, 0) is 110 Å². The monoisotopic (exact) mass is 854 g/mol. The van der Waals surface area contributed by atoms with Crippen LogP contribution in [0.15, 0.2) is 273 Å². The summed E-state index contributed by atoms with van der Waals surface area (Å²) in [4.78, 5) is 2.42. The number of hydrogen-bond acceptors (Lipinski definition) is 1. The molecule has 0 spiro atoms. The van der Waals surface area contributed by atoms with Gasteiger partial charge in [-0.2, -0.15) is 0 Å². The molecule has 0 fully saturated rings. The summed E-state index contributed by atoms with van der Waals surface area (Å²) in [6.45, 7) is 0. The molecule has 0 amide bonds. The number of rotatable bonds is 10. The molecule has 0 saturated carbocycles. The highest BCUT2D eigenvalue weighted by molar-refractivity contribution is 6.11. The Morgan fingerprint density at radius 1 is 0.269 bits per heavy atom. The molecule has 0 bridgehead atoms. The fraction of sp³-hybridized carbons (Fsp3) is 0.0154. The summed E-state index contributed by atoms with van der Waals surface area (Å²) in [7, 11) is 0. The van der Waals surface area contributed by atoms with E-state index in [1.807, 2.05) is 0 Å². The zero-order chi connectivity index (χ0) is 44.5. The maximum atomic E-state index is 2.47. The van der Waals surface area contributed by atoms with Crippen molar-refractivity contribution in [3.05, 3.63) is 290 Å². The molecule has 0 radical (unpaired) electrons. The first kappa shape index (κ1) is 39.8. The third kappa shape index (κ3) is 7.55. The van der Waals surface area contributed by atoms with E-state index in [9.17, 15) is 0 Å². The van der Waals surface area contributed by atoms with E-state index in [-0.39, 0.29) is 5.92 Å². The van der Waals surface area contributed by atoms with Gasteiger partial charge in [0, 0.05) is 39.1 Å². The predicted octanol–water partition coefficient (Wildman–Crippen LogP) is 17.6. The molecule has 1 atom stereocenters. The minimum atomic E-state index is -0.0669. The quantitative estimate of drug-likeness (QED) is 0.124. The van der Waals surface area contributed by atoms with Crippen LogP contribution in [0.5, 0.6) is 0 Å². The van der Waals surface area contributed by atoms with Gasteiger partial charge in [0.1, 0.15) is 0 Å². The molecule has 1 unspecified atom stereocenters. The van der Waals surface area contributed by atoms with E-state index < -0.39 is 0 Å². The summed E-state index contributed by atoms with van der Waals surface area (Å²) in [5.41, 5.74) is 17.5. The van der Waals surface area contributed by atoms with E-state index in [0.29, 0.717) is 0 Å². The Kier molecular flexibility index (Phi) is 10.3. The first-order valence-corrected chi connectivity index (χ1v) is 23.1. The van der Waals surface area contributed by atoms with Gasteiger partial charge in [0.25, 0.3) is 0 Å². The van der Waals surface area contributed by atoms with Crippen molar-refractivity contribution in [1.82, 2.24) is 4.57 Å². The molecule has 12 aromatic rings. The van der Waals surface area contributed by atoms with E-state index >= 15 is 0 Å². The SMILES string of the molecule is c1ccc(-c2cccc(C(c3ccccc3)c3cc(-c4ccc5c6ccccc6n(-c6cccc7ccccc67)c5c4)cc(N(c4ccccc4)c4cccc(-c5ccccc5)c4)c3)c2)cc1. The number of para-hydroxylation sites is 2. The van der Waals surface area contributed by atoms with Gasteiger partial charge in [-0.3, -0.25) is 0 Å². The van der Waals surface area contributed by atoms with E-state index in [1.165, 1.54) is 77.2 Å². The third-order valence-corrected chi connectivity index (χ3v) is 13.2. The number of aromatic nitrogens is 1. The van der Waals surface area contributed by atoms with Crippen LogP contribution < -0.4 is 4.90 Å². The van der Waals surface area contributed by atoms with Crippen LogP contribution in [0.25, 0.3) is 71.6 Å². The van der Waals surface area contributed by atoms with E-state index in [0.717, 1.165) is 28.2 Å². The van der Waals surface area contributed by atoms with Crippen LogP contribution in [0.1, 0.15) is 22.6 Å². The van der Waals surface area contributed by atoms with Crippen LogP contribution in [0.4, 0.5) is 17.1 Å². The molecule has 0 aliphatic heterocycles. The lowest BCUT2D eigenvalue weighted by molar-refractivity contribution is 0.977. The smallest absolute Gasteiger partial charge is 0.0547 e. The molecule has 67 heavy (non-hydrogen) atoms. The van der Waals surface area contributed by atoms with Crippen LogP contribution in [0.2, 0.25) is 0 Å². The molecule has 1 aromatic heterocycles. The number of nitrogens with zero attached hydrogens (tertiary/aromatic N) is 2. The molecule has 12 rings (SSSR count). The molecule has 0 aliphatic rings. The van der Waals surface area contributed by atoms with Crippen LogP contribution in [0.3, 0.4) is 0 Å². The summed E-state index contributed by atoms with van der Waals surface area (Å²) in [6, 6.07) is 99.7. The van der Waals surface area contributed by atoms with Crippen LogP contribution in [-0.2, 0) is 0 Å². The molecule has 2 nitrogen and oxygen atoms in total. The van der Waals surface area contributed by atoms with Gasteiger partial charge >= 0.3 is 0 Å². The lowest BCUT2D eigenvalue weighted by Gasteiger charge is -2.29. The fourth-order valence-electron chi connectivity index (χ4n) is 10.1. The third-order valence-electron chi connectivity index (χ3n) is 13.2. The first-order valence-electron chi connectivity index (χ1n) is 23.1. The Labute approximate surface area is 391 Å². The van der Waals surface area contributed by atoms with Crippen LogP contribution >= 0.6 is 0 Å². The largest absolute Gasteiger partial charge is 0.310 e. The minimum Gasteiger partial charge on any atom is -0.310 e. The van der Waals surface area contributed by atoms with Gasteiger partial charge in [0.05, 0.1) is 16.7 Å². The second kappa shape index (κ2) is 17.3. The van der Waals surface area contributed by atoms with E-state index in [2.05, 4.69) is 282 Å². The van der Waals surface area contributed by atoms with Crippen molar-refractivity contribution in [2.45, 2.75) is 5.92 Å². The maximum absolute atomic E-state index is 2.47. The normalized spacial score (nSPS) is 11.8. The van der Waals surface area contributed by atoms with Crippen molar-refractivity contribution >= 4 is 49.6 Å². The number of hydrogen-bond donors (Lipinski definition) is 0. The molecule has 2 heteroatoms. The van der Waals surface area contributed by atoms with Crippen molar-refractivity contribution in [2.75, 3.05) is 4.90 Å². The first-order chi connectivity index (χ1) is 33.2. The maximum Gasteiger partial charge on any atom is 0.0547 e. The van der Waals surface area contributed by atoms with Gasteiger partial charge in [-0.1, -0.05) is 218 Å². The minimum absolute atomic E-state index is 0.0669. The average molecular weight is 855 g/mol. The molecular weight excluding hydrogens is 809 g/mol. The van der Waals surface area contributed by atoms with Crippen molar-refractivity contribution in [1.29, 1.82) is 0 Å². The van der Waals surface area contributed by atoms with Gasteiger partial charge in [-0.15, -0.1) is 0 Å². The summed E-state index contributed by atoms with van der Waals surface area (Å²) >= 11 is 0. The zero-order valence-corrected chi connectivity index (χ0v) is 37.0. The number of benzene rings is 11. The summed E-state index contributed by atoms with van der Waals surface area (Å²) in [5.74, 6) is -0.0669. The molecule has 0 saturated heterocycles. The Bertz CT molecular complexity index is 3540. The molecule has 11 aromatic carbocycles. The summed E-state index contributed by atoms with van der Waals surface area (Å²) < 4.78 is 2.47. The van der Waals surface area contributed by atoms with Crippen molar-refractivity contribution in [2.24, 2.45) is 0 Å². The summed E-state index contributed by atoms with van der Waals surface area (Å²) in [6.07, 6.45) is 0. The fourth-order valence-corrected chi connectivity index (χ4v) is 10.1. The molecule has 0 N–H and O–H groups in total. The predicted molar refractivity (Wildman–Crippen MR) is 283 cm³/mol. The zero-order valence-electron chi connectivity index (χ0n) is 37.0. The number of fused-ring (bicyclic) bond motifs is 4. The lowest BCUT2D eigenvalue weighted by atomic mass is 9.82. The van der Waals surface area contributed by atoms with Crippen molar-refractivity contribution < 1.29 is 0 Å². The Hall–Kier alpha value is -8.72. The Balaban J connectivity index is 1.12. The highest BCUT2D eigenvalue weighted by Gasteiger charge is 2.23. The van der Waals surface area contributed by atoms with Gasteiger partial charge in [0.2, 0.25) is 0 Å². The highest BCUT2D eigenvalue weighted by Crippen LogP contribution is 2.44.